The van der Waals surface area contributed by atoms with Crippen LogP contribution in [0.5, 0.6) is 0 Å². The van der Waals surface area contributed by atoms with Crippen LogP contribution in [0.25, 0.3) is 0 Å². The van der Waals surface area contributed by atoms with E-state index in [9.17, 15) is 14.9 Å². The first-order chi connectivity index (χ1) is 10.1. The third-order valence-electron chi connectivity index (χ3n) is 2.94. The molecule has 0 saturated heterocycles. The average Bonchev–Trinajstić information content (AvgIpc) is 2.94. The molecule has 0 saturated carbocycles. The number of carbonyl (C=O) groups is 1. The van der Waals surface area contributed by atoms with E-state index in [2.05, 4.69) is 10.1 Å². The molecule has 1 amide bonds. The van der Waals surface area contributed by atoms with Crippen molar-refractivity contribution in [2.45, 2.75) is 20.0 Å². The summed E-state index contributed by atoms with van der Waals surface area (Å²) >= 11 is 0. The normalized spacial score (nSPS) is 10.3. The number of nitro groups is 1. The van der Waals surface area contributed by atoms with Gasteiger partial charge in [-0.25, -0.2) is 0 Å². The lowest BCUT2D eigenvalue weighted by atomic mass is 10.2. The smallest absolute Gasteiger partial charge is 0.390 e. The molecule has 1 aromatic heterocycles. The van der Waals surface area contributed by atoms with Gasteiger partial charge in [-0.15, -0.1) is 0 Å². The number of hydrogen-bond acceptors (Lipinski definition) is 5. The van der Waals surface area contributed by atoms with Crippen molar-refractivity contribution in [2.75, 3.05) is 6.54 Å². The second-order valence-electron chi connectivity index (χ2n) is 4.39. The van der Waals surface area contributed by atoms with Crippen molar-refractivity contribution in [1.82, 2.24) is 19.7 Å². The van der Waals surface area contributed by atoms with Crippen LogP contribution >= 0.6 is 0 Å². The van der Waals surface area contributed by atoms with Gasteiger partial charge in [0.1, 0.15) is 6.54 Å². The molecule has 8 heteroatoms. The van der Waals surface area contributed by atoms with E-state index in [1.165, 1.54) is 11.0 Å². The maximum atomic E-state index is 12.2. The number of benzene rings is 1. The van der Waals surface area contributed by atoms with Crippen molar-refractivity contribution in [2.24, 2.45) is 0 Å². The van der Waals surface area contributed by atoms with E-state index < -0.39 is 10.9 Å². The Morgan fingerprint density at radius 2 is 2.10 bits per heavy atom. The lowest BCUT2D eigenvalue weighted by molar-refractivity contribution is -0.394. The zero-order valence-electron chi connectivity index (χ0n) is 11.5. The number of amides is 1. The Bertz CT molecular complexity index is 626. The SMILES string of the molecule is CCN(Cc1ccccc1)C(=O)Cn1cnc([N+](=O)[O-])n1. The predicted octanol–water partition coefficient (Wildman–Crippen LogP) is 1.23. The molecule has 0 unspecified atom stereocenters. The fourth-order valence-corrected chi connectivity index (χ4v) is 1.86. The van der Waals surface area contributed by atoms with Crippen molar-refractivity contribution in [1.29, 1.82) is 0 Å². The lowest BCUT2D eigenvalue weighted by Crippen LogP contribution is -2.33. The highest BCUT2D eigenvalue weighted by molar-refractivity contribution is 5.75. The van der Waals surface area contributed by atoms with E-state index in [1.807, 2.05) is 37.3 Å². The molecular formula is C13H15N5O3. The molecule has 0 aliphatic rings. The minimum Gasteiger partial charge on any atom is -0.390 e. The molecule has 0 bridgehead atoms. The van der Waals surface area contributed by atoms with E-state index in [4.69, 9.17) is 0 Å². The maximum Gasteiger partial charge on any atom is 0.490 e. The first kappa shape index (κ1) is 14.6. The number of carbonyl (C=O) groups excluding carboxylic acids is 1. The average molecular weight is 289 g/mol. The number of nitrogens with zero attached hydrogens (tertiary/aromatic N) is 5. The largest absolute Gasteiger partial charge is 0.490 e. The molecule has 1 heterocycles. The van der Waals surface area contributed by atoms with Crippen molar-refractivity contribution < 1.29 is 9.72 Å². The third kappa shape index (κ3) is 3.85. The van der Waals surface area contributed by atoms with Gasteiger partial charge in [-0.2, -0.15) is 4.68 Å². The Morgan fingerprint density at radius 3 is 2.67 bits per heavy atom. The van der Waals surface area contributed by atoms with Crippen LogP contribution in [0.1, 0.15) is 12.5 Å². The number of rotatable bonds is 6. The number of hydrogen-bond donors (Lipinski definition) is 0. The second kappa shape index (κ2) is 6.60. The Labute approximate surface area is 121 Å². The van der Waals surface area contributed by atoms with Crippen molar-refractivity contribution in [3.05, 3.63) is 52.3 Å². The van der Waals surface area contributed by atoms with Gasteiger partial charge >= 0.3 is 5.95 Å². The Hall–Kier alpha value is -2.77. The molecule has 2 rings (SSSR count). The van der Waals surface area contributed by atoms with Crippen molar-refractivity contribution >= 4 is 11.9 Å². The predicted molar refractivity (Wildman–Crippen MR) is 74.2 cm³/mol. The summed E-state index contributed by atoms with van der Waals surface area (Å²) in [5, 5.41) is 14.1. The first-order valence-corrected chi connectivity index (χ1v) is 6.45. The van der Waals surface area contributed by atoms with Crippen molar-refractivity contribution in [3.63, 3.8) is 0 Å². The van der Waals surface area contributed by atoms with Gasteiger partial charge in [0, 0.05) is 18.2 Å². The fraction of sp³-hybridized carbons (Fsp3) is 0.308. The van der Waals surface area contributed by atoms with Gasteiger partial charge < -0.3 is 15.0 Å². The minimum atomic E-state index is -0.692. The molecule has 0 aliphatic heterocycles. The number of aromatic nitrogens is 3. The van der Waals surface area contributed by atoms with Gasteiger partial charge in [0.05, 0.1) is 0 Å². The van der Waals surface area contributed by atoms with Crippen LogP contribution in [0.15, 0.2) is 36.7 Å². The van der Waals surface area contributed by atoms with Gasteiger partial charge in [0.25, 0.3) is 0 Å². The standard InChI is InChI=1S/C13H15N5O3/c1-2-16(8-11-6-4-3-5-7-11)12(19)9-17-10-14-13(15-17)18(20)21/h3-7,10H,2,8-9H2,1H3. The monoisotopic (exact) mass is 289 g/mol. The highest BCUT2D eigenvalue weighted by Gasteiger charge is 2.18. The van der Waals surface area contributed by atoms with E-state index in [1.54, 1.807) is 4.90 Å². The zero-order chi connectivity index (χ0) is 15.2. The summed E-state index contributed by atoms with van der Waals surface area (Å²) in [6, 6.07) is 9.62. The molecule has 0 radical (unpaired) electrons. The summed E-state index contributed by atoms with van der Waals surface area (Å²) in [4.78, 5) is 27.2. The summed E-state index contributed by atoms with van der Waals surface area (Å²) in [7, 11) is 0. The van der Waals surface area contributed by atoms with Crippen LogP contribution in [0.2, 0.25) is 0 Å². The summed E-state index contributed by atoms with van der Waals surface area (Å²) in [6.45, 7) is 2.85. The van der Waals surface area contributed by atoms with E-state index >= 15 is 0 Å². The van der Waals surface area contributed by atoms with Gasteiger partial charge in [-0.05, 0) is 17.4 Å². The molecule has 0 atom stereocenters. The van der Waals surface area contributed by atoms with Crippen LogP contribution in [0.4, 0.5) is 5.95 Å². The quantitative estimate of drug-likeness (QED) is 0.589. The highest BCUT2D eigenvalue weighted by atomic mass is 16.6. The van der Waals surface area contributed by atoms with E-state index in [-0.39, 0.29) is 12.5 Å². The van der Waals surface area contributed by atoms with Crippen LogP contribution in [0.3, 0.4) is 0 Å². The van der Waals surface area contributed by atoms with Gasteiger partial charge in [0.15, 0.2) is 0 Å². The summed E-state index contributed by atoms with van der Waals surface area (Å²) in [6.07, 6.45) is 1.19. The van der Waals surface area contributed by atoms with Crippen molar-refractivity contribution in [3.8, 4) is 0 Å². The molecular weight excluding hydrogens is 274 g/mol. The van der Waals surface area contributed by atoms with E-state index in [0.717, 1.165) is 5.56 Å². The topological polar surface area (TPSA) is 94.2 Å². The molecule has 1 aromatic carbocycles. The molecule has 0 aliphatic carbocycles. The minimum absolute atomic E-state index is 0.0679. The van der Waals surface area contributed by atoms with Crippen LogP contribution in [0, 0.1) is 10.1 Å². The Kier molecular flexibility index (Phi) is 4.60. The van der Waals surface area contributed by atoms with Gasteiger partial charge in [-0.3, -0.25) is 4.79 Å². The van der Waals surface area contributed by atoms with E-state index in [0.29, 0.717) is 13.1 Å². The zero-order valence-corrected chi connectivity index (χ0v) is 11.5. The maximum absolute atomic E-state index is 12.2. The Balaban J connectivity index is 2.01. The van der Waals surface area contributed by atoms with Crippen LogP contribution in [-0.4, -0.2) is 37.0 Å². The van der Waals surface area contributed by atoms with Gasteiger partial charge in [-0.1, -0.05) is 35.3 Å². The first-order valence-electron chi connectivity index (χ1n) is 6.45. The number of likely N-dealkylation sites (N-methyl/N-ethyl adjacent to an activating group) is 1. The molecule has 0 N–H and O–H groups in total. The molecule has 0 spiro atoms. The summed E-state index contributed by atoms with van der Waals surface area (Å²) in [5.41, 5.74) is 1.03. The molecule has 2 aromatic rings. The van der Waals surface area contributed by atoms with Crippen LogP contribution < -0.4 is 0 Å². The Morgan fingerprint density at radius 1 is 1.38 bits per heavy atom. The molecule has 110 valence electrons. The molecule has 8 nitrogen and oxygen atoms in total. The second-order valence-corrected chi connectivity index (χ2v) is 4.39. The summed E-state index contributed by atoms with van der Waals surface area (Å²) < 4.78 is 1.17. The highest BCUT2D eigenvalue weighted by Crippen LogP contribution is 2.06. The fourth-order valence-electron chi connectivity index (χ4n) is 1.86. The van der Waals surface area contributed by atoms with Gasteiger partial charge in [0.2, 0.25) is 12.2 Å². The summed E-state index contributed by atoms with van der Waals surface area (Å²) in [5.74, 6) is -0.671. The molecule has 21 heavy (non-hydrogen) atoms. The third-order valence-corrected chi connectivity index (χ3v) is 2.94. The lowest BCUT2D eigenvalue weighted by Gasteiger charge is -2.20. The van der Waals surface area contributed by atoms with Crippen LogP contribution in [-0.2, 0) is 17.9 Å². The molecule has 0 fully saturated rings.